The van der Waals surface area contributed by atoms with E-state index in [0.29, 0.717) is 0 Å². The summed E-state index contributed by atoms with van der Waals surface area (Å²) >= 11 is 0. The predicted molar refractivity (Wildman–Crippen MR) is 100 cm³/mol. The number of hydrogen-bond acceptors (Lipinski definition) is 1. The van der Waals surface area contributed by atoms with Crippen molar-refractivity contribution in [2.75, 3.05) is 0 Å². The minimum Gasteiger partial charge on any atom is -0.516 e. The third kappa shape index (κ3) is 14.5. The van der Waals surface area contributed by atoms with Crippen LogP contribution < -0.4 is 0 Å². The first kappa shape index (κ1) is 21.5. The molecule has 1 nitrogen and oxygen atoms in total. The molecule has 0 aliphatic rings. The molecule has 0 heterocycles. The molecule has 0 bridgehead atoms. The van der Waals surface area contributed by atoms with Crippen LogP contribution in [0.1, 0.15) is 117 Å². The molecule has 0 aromatic carbocycles. The highest BCUT2D eigenvalue weighted by molar-refractivity contribution is 4.98. The first-order chi connectivity index (χ1) is 10.7. The van der Waals surface area contributed by atoms with Crippen LogP contribution in [0, 0.1) is 5.92 Å². The van der Waals surface area contributed by atoms with Crippen molar-refractivity contribution in [1.29, 1.82) is 0 Å². The lowest BCUT2D eigenvalue weighted by molar-refractivity contribution is 0.434. The predicted octanol–water partition coefficient (Wildman–Crippen LogP) is 7.96. The zero-order valence-corrected chi connectivity index (χ0v) is 15.7. The average molecular weight is 311 g/mol. The number of aliphatic hydroxyl groups excluding tert-OH is 1. The van der Waals surface area contributed by atoms with Crippen molar-refractivity contribution in [2.45, 2.75) is 117 Å². The molecule has 0 amide bonds. The maximum atomic E-state index is 9.42. The number of hydrogen-bond donors (Lipinski definition) is 1. The smallest absolute Gasteiger partial charge is 0.0783 e. The molecular formula is C21H42O. The largest absolute Gasteiger partial charge is 0.516 e. The molecule has 0 saturated carbocycles. The van der Waals surface area contributed by atoms with Gasteiger partial charge in [-0.15, -0.1) is 0 Å². The van der Waals surface area contributed by atoms with Gasteiger partial charge in [-0.2, -0.15) is 0 Å². The molecule has 1 unspecified atom stereocenters. The van der Waals surface area contributed by atoms with E-state index in [1.54, 1.807) is 0 Å². The van der Waals surface area contributed by atoms with Gasteiger partial charge in [-0.3, -0.25) is 0 Å². The molecule has 0 rings (SSSR count). The van der Waals surface area contributed by atoms with E-state index in [-0.39, 0.29) is 0 Å². The third-order valence-electron chi connectivity index (χ3n) is 4.70. The van der Waals surface area contributed by atoms with E-state index in [0.717, 1.165) is 18.8 Å². The zero-order chi connectivity index (χ0) is 16.5. The van der Waals surface area contributed by atoms with Crippen LogP contribution in [0.5, 0.6) is 0 Å². The summed E-state index contributed by atoms with van der Waals surface area (Å²) in [5.74, 6) is 0.727. The Balaban J connectivity index is 3.57. The van der Waals surface area contributed by atoms with Crippen LogP contribution in [0.25, 0.3) is 0 Å². The summed E-state index contributed by atoms with van der Waals surface area (Å²) in [6.45, 7) is 6.88. The van der Waals surface area contributed by atoms with Gasteiger partial charge < -0.3 is 5.11 Å². The highest BCUT2D eigenvalue weighted by Gasteiger charge is 2.06. The van der Waals surface area contributed by atoms with Crippen LogP contribution in [0.2, 0.25) is 0 Å². The van der Waals surface area contributed by atoms with Crippen LogP contribution >= 0.6 is 0 Å². The second-order valence-corrected chi connectivity index (χ2v) is 7.17. The summed E-state index contributed by atoms with van der Waals surface area (Å²) in [4.78, 5) is 0. The number of rotatable bonds is 16. The Labute approximate surface area is 140 Å². The molecule has 0 aromatic heterocycles. The Morgan fingerprint density at radius 2 is 1.27 bits per heavy atom. The minimum atomic E-state index is 0.727. The highest BCUT2D eigenvalue weighted by Crippen LogP contribution is 2.22. The fraction of sp³-hybridized carbons (Fsp3) is 0.905. The van der Waals surface area contributed by atoms with Crippen LogP contribution in [0.15, 0.2) is 11.8 Å². The van der Waals surface area contributed by atoms with E-state index in [2.05, 4.69) is 20.8 Å². The SMILES string of the molecule is CCCCCCCCC(=CO)CC(C)CCCCCCCC. The van der Waals surface area contributed by atoms with Gasteiger partial charge in [0.1, 0.15) is 0 Å². The monoisotopic (exact) mass is 310 g/mol. The van der Waals surface area contributed by atoms with Gasteiger partial charge in [0.05, 0.1) is 6.26 Å². The van der Waals surface area contributed by atoms with Gasteiger partial charge in [0.2, 0.25) is 0 Å². The Kier molecular flexibility index (Phi) is 16.5. The Morgan fingerprint density at radius 3 is 1.82 bits per heavy atom. The summed E-state index contributed by atoms with van der Waals surface area (Å²) in [6, 6.07) is 0. The maximum Gasteiger partial charge on any atom is 0.0783 e. The van der Waals surface area contributed by atoms with Crippen LogP contribution in [-0.2, 0) is 0 Å². The maximum absolute atomic E-state index is 9.42. The summed E-state index contributed by atoms with van der Waals surface area (Å²) in [6.07, 6.45) is 21.2. The molecule has 0 radical (unpaired) electrons. The molecule has 1 atom stereocenters. The van der Waals surface area contributed by atoms with Crippen molar-refractivity contribution >= 4 is 0 Å². The highest BCUT2D eigenvalue weighted by atomic mass is 16.2. The van der Waals surface area contributed by atoms with Gasteiger partial charge in [0.25, 0.3) is 0 Å². The molecular weight excluding hydrogens is 268 g/mol. The van der Waals surface area contributed by atoms with Gasteiger partial charge in [0, 0.05) is 0 Å². The molecule has 1 heteroatoms. The van der Waals surface area contributed by atoms with Crippen LogP contribution in [-0.4, -0.2) is 5.11 Å². The quantitative estimate of drug-likeness (QED) is 0.226. The molecule has 0 aromatic rings. The van der Waals surface area contributed by atoms with Gasteiger partial charge in [0.15, 0.2) is 0 Å². The normalized spacial score (nSPS) is 13.5. The summed E-state index contributed by atoms with van der Waals surface area (Å²) in [5, 5.41) is 9.42. The van der Waals surface area contributed by atoms with Gasteiger partial charge >= 0.3 is 0 Å². The van der Waals surface area contributed by atoms with Gasteiger partial charge in [-0.1, -0.05) is 97.8 Å². The lowest BCUT2D eigenvalue weighted by Gasteiger charge is -2.13. The van der Waals surface area contributed by atoms with E-state index in [4.69, 9.17) is 0 Å². The molecule has 0 aliphatic heterocycles. The van der Waals surface area contributed by atoms with Crippen molar-refractivity contribution in [1.82, 2.24) is 0 Å². The fourth-order valence-corrected chi connectivity index (χ4v) is 3.17. The van der Waals surface area contributed by atoms with E-state index in [1.807, 2.05) is 0 Å². The number of unbranched alkanes of at least 4 members (excludes halogenated alkanes) is 10. The lowest BCUT2D eigenvalue weighted by Crippen LogP contribution is -1.98. The van der Waals surface area contributed by atoms with Crippen molar-refractivity contribution in [3.8, 4) is 0 Å². The standard InChI is InChI=1S/C21H42O/c1-4-6-8-10-12-14-16-20(3)18-21(19-22)17-15-13-11-9-7-5-2/h19-20,22H,4-18H2,1-3H3. The molecule has 22 heavy (non-hydrogen) atoms. The summed E-state index contributed by atoms with van der Waals surface area (Å²) in [7, 11) is 0. The average Bonchev–Trinajstić information content (AvgIpc) is 2.52. The van der Waals surface area contributed by atoms with E-state index >= 15 is 0 Å². The first-order valence-corrected chi connectivity index (χ1v) is 10.1. The fourth-order valence-electron chi connectivity index (χ4n) is 3.17. The zero-order valence-electron chi connectivity index (χ0n) is 15.7. The van der Waals surface area contributed by atoms with Gasteiger partial charge in [-0.25, -0.2) is 0 Å². The number of allylic oxidation sites excluding steroid dienone is 1. The molecule has 0 aliphatic carbocycles. The van der Waals surface area contributed by atoms with Crippen LogP contribution in [0.3, 0.4) is 0 Å². The Morgan fingerprint density at radius 1 is 0.773 bits per heavy atom. The topological polar surface area (TPSA) is 20.2 Å². The number of aliphatic hydroxyl groups is 1. The molecule has 0 fully saturated rings. The van der Waals surface area contributed by atoms with Gasteiger partial charge in [-0.05, 0) is 30.8 Å². The Hall–Kier alpha value is -0.460. The van der Waals surface area contributed by atoms with Crippen molar-refractivity contribution in [3.05, 3.63) is 11.8 Å². The molecule has 1 N–H and O–H groups in total. The first-order valence-electron chi connectivity index (χ1n) is 10.1. The summed E-state index contributed by atoms with van der Waals surface area (Å²) < 4.78 is 0. The second-order valence-electron chi connectivity index (χ2n) is 7.17. The van der Waals surface area contributed by atoms with Crippen molar-refractivity contribution in [3.63, 3.8) is 0 Å². The summed E-state index contributed by atoms with van der Waals surface area (Å²) in [5.41, 5.74) is 1.27. The van der Waals surface area contributed by atoms with E-state index in [9.17, 15) is 5.11 Å². The van der Waals surface area contributed by atoms with Crippen molar-refractivity contribution in [2.24, 2.45) is 5.92 Å². The van der Waals surface area contributed by atoms with E-state index < -0.39 is 0 Å². The Bertz CT molecular complexity index is 244. The molecule has 0 saturated heterocycles. The lowest BCUT2D eigenvalue weighted by atomic mass is 9.93. The van der Waals surface area contributed by atoms with Crippen LogP contribution in [0.4, 0.5) is 0 Å². The second kappa shape index (κ2) is 16.9. The molecule has 132 valence electrons. The third-order valence-corrected chi connectivity index (χ3v) is 4.70. The molecule has 0 spiro atoms. The van der Waals surface area contributed by atoms with E-state index in [1.165, 1.54) is 95.3 Å². The van der Waals surface area contributed by atoms with Crippen molar-refractivity contribution < 1.29 is 5.11 Å². The minimum absolute atomic E-state index is 0.727.